The number of Topliss-reactive ketones (excluding diaryl/α,β-unsaturated/α-hetero) is 2. The number of alkyl carbamates (subject to hydrolysis) is 1. The van der Waals surface area contributed by atoms with Crippen LogP contribution in [0.5, 0.6) is 0 Å². The van der Waals surface area contributed by atoms with Crippen LogP contribution in [0.2, 0.25) is 0 Å². The van der Waals surface area contributed by atoms with Gasteiger partial charge in [-0.25, -0.2) is 19.3 Å². The number of hydrogen-bond acceptors (Lipinski definition) is 24. The van der Waals surface area contributed by atoms with Crippen LogP contribution in [-0.4, -0.2) is 152 Å². The molecule has 446 valence electrons. The lowest BCUT2D eigenvalue weighted by molar-refractivity contribution is -0.137. The maximum atomic E-state index is 14.0. The van der Waals surface area contributed by atoms with Gasteiger partial charge < -0.3 is 55.4 Å². The Balaban J connectivity index is 0.835. The van der Waals surface area contributed by atoms with Gasteiger partial charge in [-0.05, 0) is 48.6 Å². The van der Waals surface area contributed by atoms with Gasteiger partial charge in [0.25, 0.3) is 22.9 Å². The summed E-state index contributed by atoms with van der Waals surface area (Å²) in [5, 5.41) is 17.0. The molecule has 5 aromatic rings. The average molecular weight is 1230 g/mol. The quantitative estimate of drug-likeness (QED) is 0.0243. The average Bonchev–Trinajstić information content (AvgIpc) is 3.74. The Bertz CT molecular complexity index is 3560. The van der Waals surface area contributed by atoms with Gasteiger partial charge in [-0.1, -0.05) is 56.8 Å². The number of nitrogens with two attached hydrogens (primary N) is 2. The van der Waals surface area contributed by atoms with Crippen molar-refractivity contribution in [3.8, 4) is 0 Å². The van der Waals surface area contributed by atoms with Crippen LogP contribution >= 0.6 is 25.8 Å². The fourth-order valence-corrected chi connectivity index (χ4v) is 12.7. The number of ether oxygens (including phenoxy) is 3. The summed E-state index contributed by atoms with van der Waals surface area (Å²) < 4.78 is 57.8. The number of carbonyl (C=O) groups excluding carboxylic acids is 6. The zero-order chi connectivity index (χ0) is 59.7. The minimum atomic E-state index is -4.56. The Morgan fingerprint density at radius 1 is 0.843 bits per heavy atom. The maximum absolute atomic E-state index is 14.0. The third-order valence-corrected chi connectivity index (χ3v) is 17.3. The van der Waals surface area contributed by atoms with Gasteiger partial charge in [0.05, 0.1) is 31.9 Å². The number of anilines is 2. The maximum Gasteiger partial charge on any atom is 0.407 e. The molecular weight excluding hydrogens is 1170 g/mol. The number of benzene rings is 1. The number of aromatic amines is 2. The molecule has 31 nitrogen and oxygen atoms in total. The molecule has 4 amide bonds. The van der Waals surface area contributed by atoms with Gasteiger partial charge in [0.15, 0.2) is 40.6 Å². The first-order valence-corrected chi connectivity index (χ1v) is 31.3. The Morgan fingerprint density at radius 3 is 2.05 bits per heavy atom. The molecule has 83 heavy (non-hydrogen) atoms. The molecule has 0 saturated carbocycles. The highest BCUT2D eigenvalue weighted by Crippen LogP contribution is 2.58. The van der Waals surface area contributed by atoms with Gasteiger partial charge in [-0.2, -0.15) is 9.97 Å². The van der Waals surface area contributed by atoms with Crippen LogP contribution in [-0.2, 0) is 85.7 Å². The molecule has 0 aliphatic carbocycles. The Morgan fingerprint density at radius 2 is 1.42 bits per heavy atom. The fourth-order valence-electron chi connectivity index (χ4n) is 9.80. The molecule has 3 saturated heterocycles. The number of H-pyrrole nitrogens is 2. The minimum absolute atomic E-state index is 0.0137. The van der Waals surface area contributed by atoms with E-state index in [2.05, 4.69) is 52.8 Å². The Labute approximate surface area is 480 Å². The number of fused-ring (bicyclic) bond motifs is 4. The summed E-state index contributed by atoms with van der Waals surface area (Å²) >= 11 is 9.64. The second-order valence-corrected chi connectivity index (χ2v) is 26.0. The van der Waals surface area contributed by atoms with Crippen molar-refractivity contribution < 1.29 is 75.6 Å². The van der Waals surface area contributed by atoms with Crippen molar-refractivity contribution in [1.29, 1.82) is 0 Å². The fraction of sp³-hybridized carbons (Fsp3) is 0.500. The number of nitrogen functional groups attached to an aromatic ring is 2. The first kappa shape index (κ1) is 61.0. The van der Waals surface area contributed by atoms with E-state index in [1.54, 1.807) is 31.2 Å². The number of amides is 4. The molecule has 4 aromatic heterocycles. The molecule has 10 N–H and O–H groups in total. The van der Waals surface area contributed by atoms with E-state index in [0.29, 0.717) is 30.4 Å². The normalized spacial score (nSPS) is 27.2. The van der Waals surface area contributed by atoms with Gasteiger partial charge in [0, 0.05) is 43.9 Å². The lowest BCUT2D eigenvalue weighted by Crippen LogP contribution is -2.48. The van der Waals surface area contributed by atoms with Crippen molar-refractivity contribution in [2.45, 2.75) is 121 Å². The van der Waals surface area contributed by atoms with E-state index in [1.165, 1.54) is 21.3 Å². The predicted octanol–water partition coefficient (Wildman–Crippen LogP) is 1.27. The first-order valence-electron chi connectivity index (χ1n) is 26.0. The summed E-state index contributed by atoms with van der Waals surface area (Å²) in [6, 6.07) is 4.15. The van der Waals surface area contributed by atoms with Crippen molar-refractivity contribution in [2.24, 2.45) is 11.8 Å². The number of aliphatic hydroxyl groups excluding tert-OH is 1. The molecule has 9 rings (SSSR count). The number of imide groups is 1. The molecule has 12 atom stereocenters. The zero-order valence-corrected chi connectivity index (χ0v) is 48.0. The molecule has 8 heterocycles. The highest BCUT2D eigenvalue weighted by Gasteiger charge is 2.54. The molecule has 3 fully saturated rings. The number of hydrogen-bond donors (Lipinski definition) is 9. The lowest BCUT2D eigenvalue weighted by Gasteiger charge is -2.30. The number of aromatic nitrogens is 8. The van der Waals surface area contributed by atoms with Crippen molar-refractivity contribution in [3.05, 3.63) is 80.9 Å². The van der Waals surface area contributed by atoms with Crippen molar-refractivity contribution >= 4 is 107 Å². The number of thiol groups is 1. The summed E-state index contributed by atoms with van der Waals surface area (Å²) in [4.78, 5) is 136. The topological polar surface area (TPSA) is 431 Å². The second kappa shape index (κ2) is 25.3. The molecule has 35 heteroatoms. The first-order chi connectivity index (χ1) is 39.3. The SMILES string of the molecule is CC(C)[C@H](CC(=O)CCCCCN1C(=O)C=CC1=O)C(=O)N[C@@H](C)C(=O)Cc1ccc(COC(=O)N[C@H]2C3OP(O)(=S)OC[C@H]4O[C@@H](n5cnc6c(=O)[nH]c(N)nc65)[C@@H](O)C4OP(=O)(S)OC[C@H]3O[C@H]2n2cnc3c(=O)[nH]c(N)nc32)cc1. The van der Waals surface area contributed by atoms with Crippen LogP contribution in [0.1, 0.15) is 76.5 Å². The predicted molar refractivity (Wildman–Crippen MR) is 296 cm³/mol. The third-order valence-electron chi connectivity index (χ3n) is 14.1. The number of imidazole rings is 2. The molecular formula is C48H59N13O18P2S2. The third kappa shape index (κ3) is 14.2. The van der Waals surface area contributed by atoms with Crippen LogP contribution in [0, 0.1) is 11.8 Å². The summed E-state index contributed by atoms with van der Waals surface area (Å²) in [5.74, 6) is -3.03. The number of unbranched alkanes of at least 4 members (excludes halogenated alkanes) is 2. The van der Waals surface area contributed by atoms with Crippen LogP contribution in [0.3, 0.4) is 0 Å². The lowest BCUT2D eigenvalue weighted by atomic mass is 9.88. The Hall–Kier alpha value is -6.61. The molecule has 1 aromatic carbocycles. The van der Waals surface area contributed by atoms with E-state index in [-0.39, 0.29) is 95.9 Å². The minimum Gasteiger partial charge on any atom is -0.445 e. The zero-order valence-electron chi connectivity index (χ0n) is 44.5. The van der Waals surface area contributed by atoms with Gasteiger partial charge in [0.1, 0.15) is 49.0 Å². The van der Waals surface area contributed by atoms with E-state index < -0.39 is 111 Å². The number of nitrogens with zero attached hydrogens (tertiary/aromatic N) is 7. The van der Waals surface area contributed by atoms with Crippen LogP contribution in [0.4, 0.5) is 16.7 Å². The van der Waals surface area contributed by atoms with E-state index in [9.17, 15) is 52.9 Å². The summed E-state index contributed by atoms with van der Waals surface area (Å²) in [6.45, 7) is -5.33. The number of nitrogens with one attached hydrogen (secondary N) is 4. The standard InChI is InChI=1S/C48H59N13O18P2S2/c1-22(2)27(16-26(62)7-5-4-6-14-59-31(64)12-13-32(59)65)41(67)53-23(3)28(63)15-24-8-10-25(11-9-24)17-73-48(70)54-33-37-29(76-44(33)60-20-51-34-39(60)55-46(49)57-42(34)68)18-74-81(72,83)79-38-30(19-75-80(71,82)78-37)77-45(36(38)66)61-21-52-35-40(61)56-47(50)58-43(35)69/h8-13,20-23,27,29-30,33,36-38,44-45,66H,4-7,14-19H2,1-3H3,(H,53,67)(H,54,70)(H,71,82)(H,72,83)(H3,49,55,57,68)(H3,50,56,58,69)/t23-,27-,29+,30+,33-,36-,37?,38?,44+,45+,80?,81?/m0/s1. The highest BCUT2D eigenvalue weighted by molar-refractivity contribution is 8.44. The van der Waals surface area contributed by atoms with Crippen molar-refractivity contribution in [2.75, 3.05) is 31.2 Å². The smallest absolute Gasteiger partial charge is 0.407 e. The second-order valence-electron chi connectivity index (χ2n) is 20.3. The van der Waals surface area contributed by atoms with Crippen LogP contribution in [0.15, 0.2) is 58.7 Å². The van der Waals surface area contributed by atoms with E-state index >= 15 is 0 Å². The van der Waals surface area contributed by atoms with Crippen molar-refractivity contribution in [1.82, 2.24) is 54.6 Å². The molecule has 4 aliphatic rings. The van der Waals surface area contributed by atoms with Crippen LogP contribution in [0.25, 0.3) is 22.3 Å². The Kier molecular flexibility index (Phi) is 18.6. The summed E-state index contributed by atoms with van der Waals surface area (Å²) in [6.07, 6.45) is -5.04. The summed E-state index contributed by atoms with van der Waals surface area (Å²) in [7, 11) is 0. The molecule has 4 aliphatic heterocycles. The van der Waals surface area contributed by atoms with E-state index in [4.69, 9.17) is 55.6 Å². The number of ketones is 2. The molecule has 0 spiro atoms. The van der Waals surface area contributed by atoms with Gasteiger partial charge in [-0.15, -0.1) is 0 Å². The number of rotatable bonds is 19. The number of aliphatic hydroxyl groups is 1. The largest absolute Gasteiger partial charge is 0.445 e. The monoisotopic (exact) mass is 1230 g/mol. The summed E-state index contributed by atoms with van der Waals surface area (Å²) in [5.41, 5.74) is 10.8. The van der Waals surface area contributed by atoms with Gasteiger partial charge in [-0.3, -0.25) is 66.6 Å². The van der Waals surface area contributed by atoms with E-state index in [1.807, 2.05) is 13.8 Å². The molecule has 0 bridgehead atoms. The van der Waals surface area contributed by atoms with Gasteiger partial charge >= 0.3 is 19.6 Å². The molecule has 0 radical (unpaired) electrons. The van der Waals surface area contributed by atoms with E-state index in [0.717, 1.165) is 17.6 Å². The van der Waals surface area contributed by atoms with Crippen LogP contribution < -0.4 is 33.2 Å². The van der Waals surface area contributed by atoms with Gasteiger partial charge in [0.2, 0.25) is 17.8 Å². The highest BCUT2D eigenvalue weighted by atomic mass is 32.7. The van der Waals surface area contributed by atoms with Crippen molar-refractivity contribution in [3.63, 3.8) is 0 Å². The number of carbonyl (C=O) groups is 6. The molecule has 4 unspecified atom stereocenters.